The van der Waals surface area contributed by atoms with Crippen molar-refractivity contribution in [3.8, 4) is 0 Å². The van der Waals surface area contributed by atoms with Crippen LogP contribution in [0.4, 0.5) is 0 Å². The van der Waals surface area contributed by atoms with E-state index in [-0.39, 0.29) is 24.3 Å². The number of nitrogens with zero attached hydrogens (tertiary/aromatic N) is 3. The first-order chi connectivity index (χ1) is 17.9. The molecule has 0 bridgehead atoms. The molecule has 0 aromatic heterocycles. The van der Waals surface area contributed by atoms with Crippen LogP contribution in [0.3, 0.4) is 0 Å². The van der Waals surface area contributed by atoms with Crippen molar-refractivity contribution in [3.05, 3.63) is 24.3 Å². The Morgan fingerprint density at radius 1 is 0.811 bits per heavy atom. The van der Waals surface area contributed by atoms with Gasteiger partial charge in [-0.05, 0) is 38.5 Å². The van der Waals surface area contributed by atoms with Crippen LogP contribution in [-0.4, -0.2) is 94.1 Å². The van der Waals surface area contributed by atoms with Crippen molar-refractivity contribution in [2.75, 3.05) is 39.3 Å². The molecule has 0 aromatic rings. The summed E-state index contributed by atoms with van der Waals surface area (Å²) in [5.41, 5.74) is -2.08. The highest BCUT2D eigenvalue weighted by molar-refractivity contribution is 6.00. The Morgan fingerprint density at radius 2 is 1.51 bits per heavy atom. The molecule has 4 aliphatic heterocycles. The minimum atomic E-state index is -1.17. The van der Waals surface area contributed by atoms with Gasteiger partial charge in [-0.15, -0.1) is 0 Å². The number of fused-ring (bicyclic) bond motifs is 2. The molecule has 1 spiro atoms. The Labute approximate surface area is 221 Å². The topological polar surface area (TPSA) is 90.4 Å². The Hall–Kier alpha value is -2.19. The van der Waals surface area contributed by atoms with Gasteiger partial charge in [0.25, 0.3) is 0 Å². The molecule has 0 saturated carbocycles. The summed E-state index contributed by atoms with van der Waals surface area (Å²) in [4.78, 5) is 47.9. The molecule has 2 saturated heterocycles. The van der Waals surface area contributed by atoms with Crippen LogP contribution in [0, 0.1) is 11.8 Å². The number of hydrogen-bond donors (Lipinski definition) is 1. The number of likely N-dealkylation sites (tertiary alicyclic amines) is 1. The Morgan fingerprint density at radius 3 is 2.19 bits per heavy atom. The number of aliphatic hydroxyl groups excluding tert-OH is 1. The molecule has 5 atom stereocenters. The van der Waals surface area contributed by atoms with Crippen molar-refractivity contribution < 1.29 is 24.2 Å². The third-order valence-corrected chi connectivity index (χ3v) is 8.69. The maximum atomic E-state index is 14.3. The molecule has 4 rings (SSSR count). The van der Waals surface area contributed by atoms with E-state index in [9.17, 15) is 19.5 Å². The van der Waals surface area contributed by atoms with Crippen LogP contribution >= 0.6 is 0 Å². The molecule has 4 aliphatic rings. The van der Waals surface area contributed by atoms with Crippen LogP contribution in [0.5, 0.6) is 0 Å². The van der Waals surface area contributed by atoms with Gasteiger partial charge < -0.3 is 24.5 Å². The molecule has 0 aliphatic carbocycles. The molecule has 3 amide bonds. The Bertz CT molecular complexity index is 919. The maximum absolute atomic E-state index is 14.3. The summed E-state index contributed by atoms with van der Waals surface area (Å²) in [6.45, 7) is 8.98. The van der Waals surface area contributed by atoms with Crippen LogP contribution < -0.4 is 0 Å². The molecule has 37 heavy (non-hydrogen) atoms. The highest BCUT2D eigenvalue weighted by Crippen LogP contribution is 2.58. The van der Waals surface area contributed by atoms with Crippen molar-refractivity contribution in [1.82, 2.24) is 14.7 Å². The van der Waals surface area contributed by atoms with Crippen LogP contribution in [0.25, 0.3) is 0 Å². The zero-order valence-electron chi connectivity index (χ0n) is 22.9. The zero-order chi connectivity index (χ0) is 26.6. The van der Waals surface area contributed by atoms with Crippen molar-refractivity contribution >= 4 is 17.7 Å². The van der Waals surface area contributed by atoms with E-state index in [1.165, 1.54) is 0 Å². The third kappa shape index (κ3) is 4.76. The van der Waals surface area contributed by atoms with Crippen molar-refractivity contribution in [3.63, 3.8) is 0 Å². The predicted molar refractivity (Wildman–Crippen MR) is 142 cm³/mol. The number of amides is 3. The molecule has 8 heteroatoms. The van der Waals surface area contributed by atoms with Gasteiger partial charge >= 0.3 is 0 Å². The molecule has 2 fully saturated rings. The van der Waals surface area contributed by atoms with Crippen LogP contribution in [0.2, 0.25) is 0 Å². The monoisotopic (exact) mass is 515 g/mol. The lowest BCUT2D eigenvalue weighted by atomic mass is 9.73. The number of carbonyl (C=O) groups excluding carboxylic acids is 3. The first kappa shape index (κ1) is 27.8. The SMILES string of the molecule is CCCCCN1CC=C[C@]23O[C@@]4(CC)C=CCN(CCC)C(=O)[C@H]4[C@H]2C(=O)N(CCCCCO)C3C1=O. The predicted octanol–water partition coefficient (Wildman–Crippen LogP) is 2.91. The lowest BCUT2D eigenvalue weighted by Gasteiger charge is -2.38. The fourth-order valence-corrected chi connectivity index (χ4v) is 6.89. The molecule has 8 nitrogen and oxygen atoms in total. The summed E-state index contributed by atoms with van der Waals surface area (Å²) in [5.74, 6) is -1.67. The Kier molecular flexibility index (Phi) is 8.79. The van der Waals surface area contributed by atoms with E-state index in [4.69, 9.17) is 4.74 Å². The van der Waals surface area contributed by atoms with Gasteiger partial charge in [0, 0.05) is 39.3 Å². The van der Waals surface area contributed by atoms with Crippen molar-refractivity contribution in [2.45, 2.75) is 89.4 Å². The van der Waals surface area contributed by atoms with Gasteiger partial charge in [-0.1, -0.05) is 57.9 Å². The number of rotatable bonds is 12. The van der Waals surface area contributed by atoms with Gasteiger partial charge in [-0.2, -0.15) is 0 Å². The van der Waals surface area contributed by atoms with E-state index in [0.29, 0.717) is 52.0 Å². The van der Waals surface area contributed by atoms with Crippen LogP contribution in [0.1, 0.15) is 72.1 Å². The summed E-state index contributed by atoms with van der Waals surface area (Å²) in [5, 5.41) is 9.23. The standard InChI is InChI=1S/C29H45N3O5/c1-4-7-9-17-31-19-13-15-29-23(26(35)32(24(29)27(31)36)20-10-8-11-21-33)22-25(34)30(16-5-2)18-12-14-28(22,6-3)37-29/h12-15,22-24,33H,4-11,16-21H2,1-3H3/t22-,23+,24?,28+,29+/m1/s1. The molecular formula is C29H45N3O5. The highest BCUT2D eigenvalue weighted by Gasteiger charge is 2.75. The second kappa shape index (κ2) is 11.7. The summed E-state index contributed by atoms with van der Waals surface area (Å²) in [6.07, 6.45) is 14.4. The maximum Gasteiger partial charge on any atom is 0.249 e. The smallest absolute Gasteiger partial charge is 0.249 e. The fourth-order valence-electron chi connectivity index (χ4n) is 6.89. The minimum Gasteiger partial charge on any atom is -0.396 e. The first-order valence-electron chi connectivity index (χ1n) is 14.4. The number of carbonyl (C=O) groups is 3. The molecule has 0 aromatic carbocycles. The molecule has 1 N–H and O–H groups in total. The Balaban J connectivity index is 1.77. The van der Waals surface area contributed by atoms with Crippen molar-refractivity contribution in [1.29, 1.82) is 0 Å². The van der Waals surface area contributed by atoms with Gasteiger partial charge in [0.2, 0.25) is 17.7 Å². The normalized spacial score (nSPS) is 33.0. The van der Waals surface area contributed by atoms with E-state index >= 15 is 0 Å². The molecule has 4 heterocycles. The second-order valence-corrected chi connectivity index (χ2v) is 11.0. The summed E-state index contributed by atoms with van der Waals surface area (Å²) < 4.78 is 6.98. The average molecular weight is 516 g/mol. The molecule has 1 unspecified atom stereocenters. The summed E-state index contributed by atoms with van der Waals surface area (Å²) in [6, 6.07) is -0.782. The zero-order valence-corrected chi connectivity index (χ0v) is 22.9. The largest absolute Gasteiger partial charge is 0.396 e. The fraction of sp³-hybridized carbons (Fsp3) is 0.759. The van der Waals surface area contributed by atoms with Gasteiger partial charge in [0.15, 0.2) is 0 Å². The highest BCUT2D eigenvalue weighted by atomic mass is 16.5. The number of hydrogen-bond acceptors (Lipinski definition) is 5. The number of ether oxygens (including phenoxy) is 1. The van der Waals surface area contributed by atoms with E-state index in [1.54, 1.807) is 4.90 Å². The van der Waals surface area contributed by atoms with Crippen LogP contribution in [-0.2, 0) is 19.1 Å². The van der Waals surface area contributed by atoms with E-state index in [1.807, 2.05) is 48.0 Å². The number of unbranched alkanes of at least 4 members (excludes halogenated alkanes) is 4. The van der Waals surface area contributed by atoms with E-state index < -0.39 is 29.1 Å². The first-order valence-corrected chi connectivity index (χ1v) is 14.4. The number of aliphatic hydroxyl groups is 1. The lowest BCUT2D eigenvalue weighted by molar-refractivity contribution is -0.154. The minimum absolute atomic E-state index is 0.0466. The van der Waals surface area contributed by atoms with Gasteiger partial charge in [-0.25, -0.2) is 0 Å². The summed E-state index contributed by atoms with van der Waals surface area (Å²) in [7, 11) is 0. The van der Waals surface area contributed by atoms with Gasteiger partial charge in [0.05, 0.1) is 17.4 Å². The molecule has 0 radical (unpaired) electrons. The van der Waals surface area contributed by atoms with E-state index in [2.05, 4.69) is 6.92 Å². The molecule has 206 valence electrons. The van der Waals surface area contributed by atoms with Gasteiger partial charge in [0.1, 0.15) is 11.6 Å². The summed E-state index contributed by atoms with van der Waals surface area (Å²) >= 11 is 0. The third-order valence-electron chi connectivity index (χ3n) is 8.69. The second-order valence-electron chi connectivity index (χ2n) is 11.0. The van der Waals surface area contributed by atoms with E-state index in [0.717, 1.165) is 32.1 Å². The lowest BCUT2D eigenvalue weighted by Crippen LogP contribution is -2.56. The van der Waals surface area contributed by atoms with Crippen LogP contribution in [0.15, 0.2) is 24.3 Å². The quantitative estimate of drug-likeness (QED) is 0.319. The molecular weight excluding hydrogens is 470 g/mol. The average Bonchev–Trinajstić information content (AvgIpc) is 3.18. The van der Waals surface area contributed by atoms with Crippen molar-refractivity contribution in [2.24, 2.45) is 11.8 Å². The van der Waals surface area contributed by atoms with Gasteiger partial charge in [-0.3, -0.25) is 14.4 Å².